The van der Waals surface area contributed by atoms with Crippen LogP contribution < -0.4 is 10.0 Å². The van der Waals surface area contributed by atoms with E-state index in [2.05, 4.69) is 17.0 Å². The molecule has 0 radical (unpaired) electrons. The average Bonchev–Trinajstić information content (AvgIpc) is 2.84. The van der Waals surface area contributed by atoms with Gasteiger partial charge in [-0.15, -0.1) is 0 Å². The maximum absolute atomic E-state index is 13.5. The highest BCUT2D eigenvalue weighted by Crippen LogP contribution is 2.29. The second kappa shape index (κ2) is 10.5. The SMILES string of the molecule is CC1CCCCC1NC(=O)c1cccc2c(S(=O)(=O)NC3CCCCN3C(=O)N(C)C)cccc12. The number of urea groups is 1. The highest BCUT2D eigenvalue weighted by atomic mass is 32.2. The number of hydrogen-bond donors (Lipinski definition) is 2. The van der Waals surface area contributed by atoms with E-state index in [1.165, 1.54) is 11.3 Å². The highest BCUT2D eigenvalue weighted by molar-refractivity contribution is 7.89. The molecule has 2 N–H and O–H groups in total. The van der Waals surface area contributed by atoms with E-state index in [1.807, 2.05) is 0 Å². The van der Waals surface area contributed by atoms with E-state index >= 15 is 0 Å². The van der Waals surface area contributed by atoms with Gasteiger partial charge in [0.05, 0.1) is 11.1 Å². The van der Waals surface area contributed by atoms with Gasteiger partial charge in [0.15, 0.2) is 0 Å². The van der Waals surface area contributed by atoms with Gasteiger partial charge in [-0.2, -0.15) is 4.72 Å². The van der Waals surface area contributed by atoms with Gasteiger partial charge in [-0.25, -0.2) is 13.2 Å². The van der Waals surface area contributed by atoms with Crippen molar-refractivity contribution in [3.05, 3.63) is 42.0 Å². The summed E-state index contributed by atoms with van der Waals surface area (Å²) in [7, 11) is -0.630. The predicted molar refractivity (Wildman–Crippen MR) is 137 cm³/mol. The van der Waals surface area contributed by atoms with Gasteiger partial charge in [0.1, 0.15) is 0 Å². The lowest BCUT2D eigenvalue weighted by Gasteiger charge is -2.37. The zero-order valence-corrected chi connectivity index (χ0v) is 21.6. The molecule has 1 aliphatic heterocycles. The third-order valence-corrected chi connectivity index (χ3v) is 8.78. The fourth-order valence-corrected chi connectivity index (χ4v) is 6.73. The van der Waals surface area contributed by atoms with E-state index in [0.717, 1.165) is 32.1 Å². The fourth-order valence-electron chi connectivity index (χ4n) is 5.27. The van der Waals surface area contributed by atoms with Crippen LogP contribution in [-0.2, 0) is 10.0 Å². The molecule has 8 nitrogen and oxygen atoms in total. The van der Waals surface area contributed by atoms with Crippen molar-refractivity contribution in [2.24, 2.45) is 5.92 Å². The Morgan fingerprint density at radius 3 is 2.37 bits per heavy atom. The lowest BCUT2D eigenvalue weighted by Crippen LogP contribution is -2.55. The van der Waals surface area contributed by atoms with Gasteiger partial charge in [-0.05, 0) is 55.5 Å². The molecule has 2 fully saturated rings. The van der Waals surface area contributed by atoms with Crippen molar-refractivity contribution in [2.45, 2.75) is 69.0 Å². The van der Waals surface area contributed by atoms with Crippen molar-refractivity contribution >= 4 is 32.7 Å². The molecule has 0 spiro atoms. The van der Waals surface area contributed by atoms with Gasteiger partial charge >= 0.3 is 6.03 Å². The van der Waals surface area contributed by atoms with Crippen LogP contribution in [0.2, 0.25) is 0 Å². The standard InChI is InChI=1S/C26H36N4O4S/c1-18-10-4-5-14-22(18)27-25(31)21-13-8-12-20-19(21)11-9-15-23(20)35(33,34)28-24-16-6-7-17-30(24)26(32)29(2)3/h8-9,11-13,15,18,22,24,28H,4-7,10,14,16-17H2,1-3H3,(H,27,31). The number of nitrogens with zero attached hydrogens (tertiary/aromatic N) is 2. The first-order chi connectivity index (χ1) is 16.7. The summed E-state index contributed by atoms with van der Waals surface area (Å²) in [6.45, 7) is 2.67. The zero-order chi connectivity index (χ0) is 25.2. The highest BCUT2D eigenvalue weighted by Gasteiger charge is 2.32. The van der Waals surface area contributed by atoms with Crippen LogP contribution in [0, 0.1) is 5.92 Å². The van der Waals surface area contributed by atoms with Crippen LogP contribution in [0.1, 0.15) is 62.2 Å². The Labute approximate surface area is 208 Å². The van der Waals surface area contributed by atoms with Gasteiger partial charge in [0, 0.05) is 37.6 Å². The first kappa shape index (κ1) is 25.4. The summed E-state index contributed by atoms with van der Waals surface area (Å²) in [6, 6.07) is 10.1. The van der Waals surface area contributed by atoms with Gasteiger partial charge < -0.3 is 15.1 Å². The maximum Gasteiger partial charge on any atom is 0.320 e. The Bertz CT molecular complexity index is 1200. The van der Waals surface area contributed by atoms with E-state index in [-0.39, 0.29) is 22.9 Å². The molecule has 2 aromatic rings. The minimum absolute atomic E-state index is 0.110. The summed E-state index contributed by atoms with van der Waals surface area (Å²) in [4.78, 5) is 29.0. The monoisotopic (exact) mass is 500 g/mol. The van der Waals surface area contributed by atoms with Crippen LogP contribution in [0.5, 0.6) is 0 Å². The lowest BCUT2D eigenvalue weighted by molar-refractivity contribution is 0.0912. The van der Waals surface area contributed by atoms with Crippen LogP contribution in [-0.4, -0.2) is 63.0 Å². The number of sulfonamides is 1. The second-order valence-electron chi connectivity index (χ2n) is 10.0. The first-order valence-electron chi connectivity index (χ1n) is 12.5. The zero-order valence-electron chi connectivity index (χ0n) is 20.8. The molecule has 35 heavy (non-hydrogen) atoms. The third kappa shape index (κ3) is 5.46. The molecule has 3 unspecified atom stereocenters. The van der Waals surface area contributed by atoms with E-state index in [1.54, 1.807) is 55.4 Å². The van der Waals surface area contributed by atoms with Crippen LogP contribution in [0.3, 0.4) is 0 Å². The molecular formula is C26H36N4O4S. The second-order valence-corrected chi connectivity index (χ2v) is 11.7. The van der Waals surface area contributed by atoms with Crippen LogP contribution in [0.25, 0.3) is 10.8 Å². The molecule has 3 amide bonds. The molecule has 2 aliphatic rings. The molecular weight excluding hydrogens is 464 g/mol. The first-order valence-corrected chi connectivity index (χ1v) is 14.0. The van der Waals surface area contributed by atoms with Crippen molar-refractivity contribution < 1.29 is 18.0 Å². The third-order valence-electron chi connectivity index (χ3n) is 7.27. The molecule has 1 aliphatic carbocycles. The molecule has 1 saturated heterocycles. The van der Waals surface area contributed by atoms with Crippen LogP contribution in [0.4, 0.5) is 4.79 Å². The number of hydrogen-bond acceptors (Lipinski definition) is 4. The summed E-state index contributed by atoms with van der Waals surface area (Å²) in [6.07, 6.45) is 5.97. The van der Waals surface area contributed by atoms with E-state index in [4.69, 9.17) is 0 Å². The Hall–Kier alpha value is -2.65. The lowest BCUT2D eigenvalue weighted by atomic mass is 9.85. The van der Waals surface area contributed by atoms with Gasteiger partial charge in [0.2, 0.25) is 10.0 Å². The van der Waals surface area contributed by atoms with Crippen LogP contribution >= 0.6 is 0 Å². The van der Waals surface area contributed by atoms with Crippen molar-refractivity contribution in [1.82, 2.24) is 19.8 Å². The Morgan fingerprint density at radius 2 is 1.63 bits per heavy atom. The Kier molecular flexibility index (Phi) is 7.66. The number of likely N-dealkylation sites (tertiary alicyclic amines) is 1. The van der Waals surface area contributed by atoms with Gasteiger partial charge in [-0.1, -0.05) is 44.0 Å². The van der Waals surface area contributed by atoms with E-state index in [0.29, 0.717) is 35.2 Å². The normalized spacial score (nSPS) is 23.2. The number of amides is 3. The fraction of sp³-hybridized carbons (Fsp3) is 0.538. The number of carbonyl (C=O) groups is 2. The number of rotatable bonds is 5. The molecule has 1 heterocycles. The van der Waals surface area contributed by atoms with Crippen LogP contribution in [0.15, 0.2) is 41.3 Å². The molecule has 190 valence electrons. The topological polar surface area (TPSA) is 98.8 Å². The minimum Gasteiger partial charge on any atom is -0.349 e. The molecule has 3 atom stereocenters. The number of benzene rings is 2. The Balaban J connectivity index is 1.63. The van der Waals surface area contributed by atoms with Gasteiger partial charge in [0.25, 0.3) is 5.91 Å². The predicted octanol–water partition coefficient (Wildman–Crippen LogP) is 3.92. The molecule has 0 bridgehead atoms. The number of fused-ring (bicyclic) bond motifs is 1. The summed E-state index contributed by atoms with van der Waals surface area (Å²) in [5, 5.41) is 4.27. The smallest absolute Gasteiger partial charge is 0.320 e. The van der Waals surface area contributed by atoms with Gasteiger partial charge in [-0.3, -0.25) is 4.79 Å². The number of nitrogens with one attached hydrogen (secondary N) is 2. The maximum atomic E-state index is 13.5. The minimum atomic E-state index is -3.95. The van der Waals surface area contributed by atoms with Crippen molar-refractivity contribution in [3.63, 3.8) is 0 Å². The molecule has 4 rings (SSSR count). The van der Waals surface area contributed by atoms with Crippen molar-refractivity contribution in [1.29, 1.82) is 0 Å². The molecule has 1 saturated carbocycles. The average molecular weight is 501 g/mol. The Morgan fingerprint density at radius 1 is 0.943 bits per heavy atom. The largest absolute Gasteiger partial charge is 0.349 e. The summed E-state index contributed by atoms with van der Waals surface area (Å²) in [5.41, 5.74) is 0.472. The summed E-state index contributed by atoms with van der Waals surface area (Å²) >= 11 is 0. The van der Waals surface area contributed by atoms with E-state index in [9.17, 15) is 18.0 Å². The summed E-state index contributed by atoms with van der Waals surface area (Å²) in [5.74, 6) is 0.248. The number of piperidine rings is 1. The summed E-state index contributed by atoms with van der Waals surface area (Å²) < 4.78 is 29.8. The quantitative estimate of drug-likeness (QED) is 0.650. The number of carbonyl (C=O) groups excluding carboxylic acids is 2. The van der Waals surface area contributed by atoms with E-state index < -0.39 is 16.2 Å². The molecule has 2 aromatic carbocycles. The van der Waals surface area contributed by atoms with Crippen molar-refractivity contribution in [2.75, 3.05) is 20.6 Å². The van der Waals surface area contributed by atoms with Crippen molar-refractivity contribution in [3.8, 4) is 0 Å². The molecule has 9 heteroatoms. The molecule has 0 aromatic heterocycles.